The second-order valence-electron chi connectivity index (χ2n) is 5.42. The SMILES string of the molecule is C=C(C)CN(CC)Cc1cccc(CNC(C)C)n1. The smallest absolute Gasteiger partial charge is 0.0547 e. The van der Waals surface area contributed by atoms with E-state index in [-0.39, 0.29) is 0 Å². The molecule has 0 bridgehead atoms. The zero-order valence-electron chi connectivity index (χ0n) is 12.7. The minimum absolute atomic E-state index is 0.487. The maximum atomic E-state index is 4.71. The van der Waals surface area contributed by atoms with Crippen molar-refractivity contribution >= 4 is 0 Å². The molecule has 1 heterocycles. The van der Waals surface area contributed by atoms with Crippen molar-refractivity contribution in [1.29, 1.82) is 0 Å². The first kappa shape index (κ1) is 15.9. The average molecular weight is 261 g/mol. The summed E-state index contributed by atoms with van der Waals surface area (Å²) < 4.78 is 0. The Morgan fingerprint density at radius 2 is 2.05 bits per heavy atom. The molecule has 0 unspecified atom stereocenters. The van der Waals surface area contributed by atoms with E-state index in [9.17, 15) is 0 Å². The number of aromatic nitrogens is 1. The molecule has 3 nitrogen and oxygen atoms in total. The molecule has 1 N–H and O–H groups in total. The van der Waals surface area contributed by atoms with Gasteiger partial charge in [0, 0.05) is 25.7 Å². The lowest BCUT2D eigenvalue weighted by molar-refractivity contribution is 0.300. The standard InChI is InChI=1S/C16H27N3/c1-6-19(11-13(2)3)12-16-9-7-8-15(18-16)10-17-14(4)5/h7-9,14,17H,2,6,10-12H2,1,3-5H3. The quantitative estimate of drug-likeness (QED) is 0.729. The molecule has 0 aliphatic heterocycles. The predicted molar refractivity (Wildman–Crippen MR) is 82.0 cm³/mol. The molecule has 0 saturated carbocycles. The summed E-state index contributed by atoms with van der Waals surface area (Å²) in [5.74, 6) is 0. The van der Waals surface area contributed by atoms with E-state index < -0.39 is 0 Å². The van der Waals surface area contributed by atoms with Crippen LogP contribution in [-0.2, 0) is 13.1 Å². The van der Waals surface area contributed by atoms with Crippen LogP contribution in [0.25, 0.3) is 0 Å². The van der Waals surface area contributed by atoms with Crippen LogP contribution in [0.1, 0.15) is 39.1 Å². The zero-order valence-corrected chi connectivity index (χ0v) is 12.7. The molecule has 1 aromatic heterocycles. The van der Waals surface area contributed by atoms with Crippen LogP contribution in [0, 0.1) is 0 Å². The van der Waals surface area contributed by atoms with Crippen LogP contribution in [0.2, 0.25) is 0 Å². The van der Waals surface area contributed by atoms with Crippen LogP contribution in [0.4, 0.5) is 0 Å². The highest BCUT2D eigenvalue weighted by atomic mass is 15.1. The number of hydrogen-bond donors (Lipinski definition) is 1. The number of nitrogens with zero attached hydrogens (tertiary/aromatic N) is 2. The summed E-state index contributed by atoms with van der Waals surface area (Å²) in [5.41, 5.74) is 3.43. The fourth-order valence-electron chi connectivity index (χ4n) is 1.91. The summed E-state index contributed by atoms with van der Waals surface area (Å²) in [6.07, 6.45) is 0. The van der Waals surface area contributed by atoms with Crippen molar-refractivity contribution in [1.82, 2.24) is 15.2 Å². The molecule has 1 aromatic rings. The lowest BCUT2D eigenvalue weighted by Gasteiger charge is -2.20. The van der Waals surface area contributed by atoms with Gasteiger partial charge in [-0.1, -0.05) is 39.0 Å². The Balaban J connectivity index is 2.62. The number of nitrogens with one attached hydrogen (secondary N) is 1. The van der Waals surface area contributed by atoms with Gasteiger partial charge in [-0.2, -0.15) is 0 Å². The molecule has 0 radical (unpaired) electrons. The molecule has 106 valence electrons. The normalized spacial score (nSPS) is 11.3. The Kier molecular flexibility index (Phi) is 6.74. The molecule has 0 amide bonds. The van der Waals surface area contributed by atoms with E-state index in [2.05, 4.69) is 62.7 Å². The van der Waals surface area contributed by atoms with Gasteiger partial charge in [0.2, 0.25) is 0 Å². The van der Waals surface area contributed by atoms with Gasteiger partial charge in [-0.05, 0) is 25.6 Å². The molecule has 3 heteroatoms. The summed E-state index contributed by atoms with van der Waals surface area (Å²) in [6, 6.07) is 6.75. The maximum absolute atomic E-state index is 4.71. The molecule has 0 spiro atoms. The van der Waals surface area contributed by atoms with Gasteiger partial charge in [0.25, 0.3) is 0 Å². The minimum atomic E-state index is 0.487. The minimum Gasteiger partial charge on any atom is -0.309 e. The van der Waals surface area contributed by atoms with E-state index in [1.54, 1.807) is 0 Å². The van der Waals surface area contributed by atoms with Crippen molar-refractivity contribution in [2.45, 2.75) is 46.8 Å². The summed E-state index contributed by atoms with van der Waals surface area (Å²) in [6.45, 7) is 16.2. The molecule has 19 heavy (non-hydrogen) atoms. The van der Waals surface area contributed by atoms with Crippen LogP contribution in [0.3, 0.4) is 0 Å². The second kappa shape index (κ2) is 8.08. The van der Waals surface area contributed by atoms with Crippen molar-refractivity contribution < 1.29 is 0 Å². The first-order chi connectivity index (χ1) is 9.01. The summed E-state index contributed by atoms with van der Waals surface area (Å²) >= 11 is 0. The molecular formula is C16H27N3. The van der Waals surface area contributed by atoms with Crippen LogP contribution in [0.15, 0.2) is 30.4 Å². The molecule has 1 rings (SSSR count). The van der Waals surface area contributed by atoms with Gasteiger partial charge < -0.3 is 5.32 Å². The van der Waals surface area contributed by atoms with E-state index in [0.717, 1.165) is 37.6 Å². The summed E-state index contributed by atoms with van der Waals surface area (Å²) in [7, 11) is 0. The van der Waals surface area contributed by atoms with Crippen LogP contribution >= 0.6 is 0 Å². The Morgan fingerprint density at radius 1 is 1.37 bits per heavy atom. The fourth-order valence-corrected chi connectivity index (χ4v) is 1.91. The second-order valence-corrected chi connectivity index (χ2v) is 5.42. The highest BCUT2D eigenvalue weighted by molar-refractivity contribution is 5.11. The van der Waals surface area contributed by atoms with Gasteiger partial charge >= 0.3 is 0 Å². The van der Waals surface area contributed by atoms with Crippen molar-refractivity contribution in [2.24, 2.45) is 0 Å². The third kappa shape index (κ3) is 6.50. The zero-order chi connectivity index (χ0) is 14.3. The van der Waals surface area contributed by atoms with Gasteiger partial charge in [-0.25, -0.2) is 0 Å². The number of pyridine rings is 1. The number of likely N-dealkylation sites (N-methyl/N-ethyl adjacent to an activating group) is 1. The van der Waals surface area contributed by atoms with Crippen LogP contribution in [0.5, 0.6) is 0 Å². The molecule has 0 aromatic carbocycles. The molecule has 0 fully saturated rings. The summed E-state index contributed by atoms with van der Waals surface area (Å²) in [5, 5.41) is 3.40. The molecule has 0 saturated heterocycles. The van der Waals surface area contributed by atoms with Gasteiger partial charge in [-0.15, -0.1) is 0 Å². The van der Waals surface area contributed by atoms with E-state index in [1.807, 2.05) is 0 Å². The van der Waals surface area contributed by atoms with E-state index in [4.69, 9.17) is 4.98 Å². The molecule has 0 atom stereocenters. The predicted octanol–water partition coefficient (Wildman–Crippen LogP) is 2.98. The van der Waals surface area contributed by atoms with Crippen molar-refractivity contribution in [3.8, 4) is 0 Å². The Bertz CT molecular complexity index is 399. The van der Waals surface area contributed by atoms with Gasteiger partial charge in [0.15, 0.2) is 0 Å². The van der Waals surface area contributed by atoms with Crippen LogP contribution in [-0.4, -0.2) is 29.0 Å². The number of rotatable bonds is 8. The van der Waals surface area contributed by atoms with Crippen molar-refractivity contribution in [3.05, 3.63) is 41.7 Å². The first-order valence-electron chi connectivity index (χ1n) is 7.06. The Labute approximate surface area is 117 Å². The van der Waals surface area contributed by atoms with Crippen LogP contribution < -0.4 is 5.32 Å². The van der Waals surface area contributed by atoms with E-state index in [0.29, 0.717) is 6.04 Å². The van der Waals surface area contributed by atoms with Crippen molar-refractivity contribution in [2.75, 3.05) is 13.1 Å². The third-order valence-corrected chi connectivity index (χ3v) is 2.88. The van der Waals surface area contributed by atoms with Crippen molar-refractivity contribution in [3.63, 3.8) is 0 Å². The molecular weight excluding hydrogens is 234 g/mol. The Hall–Kier alpha value is -1.19. The monoisotopic (exact) mass is 261 g/mol. The third-order valence-electron chi connectivity index (χ3n) is 2.88. The molecule has 0 aliphatic rings. The highest BCUT2D eigenvalue weighted by Gasteiger charge is 2.06. The lowest BCUT2D eigenvalue weighted by atomic mass is 10.2. The average Bonchev–Trinajstić information content (AvgIpc) is 2.35. The number of hydrogen-bond acceptors (Lipinski definition) is 3. The largest absolute Gasteiger partial charge is 0.309 e. The van der Waals surface area contributed by atoms with E-state index in [1.165, 1.54) is 5.57 Å². The van der Waals surface area contributed by atoms with E-state index >= 15 is 0 Å². The topological polar surface area (TPSA) is 28.2 Å². The fraction of sp³-hybridized carbons (Fsp3) is 0.562. The lowest BCUT2D eigenvalue weighted by Crippen LogP contribution is -2.26. The highest BCUT2D eigenvalue weighted by Crippen LogP contribution is 2.06. The first-order valence-corrected chi connectivity index (χ1v) is 7.06. The summed E-state index contributed by atoms with van der Waals surface area (Å²) in [4.78, 5) is 7.06. The molecule has 0 aliphatic carbocycles. The van der Waals surface area contributed by atoms with Gasteiger partial charge in [-0.3, -0.25) is 9.88 Å². The maximum Gasteiger partial charge on any atom is 0.0547 e. The van der Waals surface area contributed by atoms with Gasteiger partial charge in [0.05, 0.1) is 11.4 Å². The van der Waals surface area contributed by atoms with Gasteiger partial charge in [0.1, 0.15) is 0 Å². The Morgan fingerprint density at radius 3 is 2.63 bits per heavy atom.